The molecule has 30 heavy (non-hydrogen) atoms. The molecule has 0 rings (SSSR count). The van der Waals surface area contributed by atoms with Crippen LogP contribution in [-0.4, -0.2) is 0 Å². The fraction of sp³-hybridized carbons (Fsp3) is 0.933. The summed E-state index contributed by atoms with van der Waals surface area (Å²) in [6.07, 6.45) is 37.1. The Kier molecular flexibility index (Phi) is 27.0. The van der Waals surface area contributed by atoms with Crippen molar-refractivity contribution in [3.8, 4) is 0 Å². The lowest BCUT2D eigenvalue weighted by atomic mass is 9.96. The third kappa shape index (κ3) is 26.0. The zero-order valence-electron chi connectivity index (χ0n) is 21.4. The van der Waals surface area contributed by atoms with E-state index >= 15 is 0 Å². The molecule has 0 nitrogen and oxygen atoms in total. The maximum atomic E-state index is 3.94. The van der Waals surface area contributed by atoms with Crippen molar-refractivity contribution in [2.45, 2.75) is 174 Å². The van der Waals surface area contributed by atoms with E-state index in [0.717, 1.165) is 18.8 Å². The summed E-state index contributed by atoms with van der Waals surface area (Å²) in [5.41, 5.74) is 0. The van der Waals surface area contributed by atoms with E-state index in [0.29, 0.717) is 0 Å². The summed E-state index contributed by atoms with van der Waals surface area (Å²) in [5, 5.41) is 0. The standard InChI is InChI=1S/C30H60/c1-4-6-8-9-10-11-12-13-14-15-16-17-18-19-20-21-22-23-24-25-27-29-30(3)28-26-7-5-2/h30H,1-2,4-29H2,3H3. The SMILES string of the molecule is [CH2]CCCCCCCCCCCCCCCCCCCCCCC(C)CCCC[CH2]. The van der Waals surface area contributed by atoms with Crippen LogP contribution in [0.15, 0.2) is 0 Å². The van der Waals surface area contributed by atoms with Crippen LogP contribution in [-0.2, 0) is 0 Å². The van der Waals surface area contributed by atoms with Crippen LogP contribution in [0, 0.1) is 19.8 Å². The molecule has 1 atom stereocenters. The summed E-state index contributed by atoms with van der Waals surface area (Å²) in [4.78, 5) is 0. The molecular weight excluding hydrogens is 360 g/mol. The third-order valence-electron chi connectivity index (χ3n) is 6.89. The van der Waals surface area contributed by atoms with E-state index in [2.05, 4.69) is 20.8 Å². The first-order valence-electron chi connectivity index (χ1n) is 14.4. The Morgan fingerprint density at radius 1 is 0.333 bits per heavy atom. The van der Waals surface area contributed by atoms with E-state index in [9.17, 15) is 0 Å². The molecule has 0 spiro atoms. The lowest BCUT2D eigenvalue weighted by Crippen LogP contribution is -1.94. The highest BCUT2D eigenvalue weighted by molar-refractivity contribution is 4.56. The van der Waals surface area contributed by atoms with E-state index in [4.69, 9.17) is 0 Å². The summed E-state index contributed by atoms with van der Waals surface area (Å²) in [7, 11) is 0. The van der Waals surface area contributed by atoms with Gasteiger partial charge in [0.1, 0.15) is 0 Å². The van der Waals surface area contributed by atoms with Crippen molar-refractivity contribution >= 4 is 0 Å². The van der Waals surface area contributed by atoms with E-state index in [-0.39, 0.29) is 0 Å². The zero-order chi connectivity index (χ0) is 22.0. The molecule has 1 unspecified atom stereocenters. The Balaban J connectivity index is 3.05. The van der Waals surface area contributed by atoms with Crippen LogP contribution >= 0.6 is 0 Å². The first-order valence-corrected chi connectivity index (χ1v) is 14.4. The van der Waals surface area contributed by atoms with Gasteiger partial charge in [0.15, 0.2) is 0 Å². The summed E-state index contributed by atoms with van der Waals surface area (Å²) in [6.45, 7) is 10.3. The minimum Gasteiger partial charge on any atom is -0.0625 e. The lowest BCUT2D eigenvalue weighted by molar-refractivity contribution is 0.437. The largest absolute Gasteiger partial charge is 0.0625 e. The predicted molar refractivity (Wildman–Crippen MR) is 140 cm³/mol. The molecule has 0 bridgehead atoms. The minimum absolute atomic E-state index is 0.940. The van der Waals surface area contributed by atoms with E-state index < -0.39 is 0 Å². The average molecular weight is 421 g/mol. The molecule has 0 aliphatic carbocycles. The molecular formula is C30H60. The van der Waals surface area contributed by atoms with Crippen LogP contribution in [0.5, 0.6) is 0 Å². The van der Waals surface area contributed by atoms with Gasteiger partial charge in [0, 0.05) is 0 Å². The molecule has 0 N–H and O–H groups in total. The van der Waals surface area contributed by atoms with Gasteiger partial charge in [-0.1, -0.05) is 188 Å². The normalized spacial score (nSPS) is 12.5. The summed E-state index contributed by atoms with van der Waals surface area (Å²) >= 11 is 0. The molecule has 0 saturated carbocycles. The fourth-order valence-electron chi connectivity index (χ4n) is 4.67. The molecule has 0 aromatic rings. The van der Waals surface area contributed by atoms with Crippen LogP contribution in [0.3, 0.4) is 0 Å². The molecule has 0 heterocycles. The van der Waals surface area contributed by atoms with Gasteiger partial charge < -0.3 is 0 Å². The fourth-order valence-corrected chi connectivity index (χ4v) is 4.67. The van der Waals surface area contributed by atoms with Gasteiger partial charge in [0.05, 0.1) is 0 Å². The van der Waals surface area contributed by atoms with Crippen LogP contribution in [0.1, 0.15) is 174 Å². The summed E-state index contributed by atoms with van der Waals surface area (Å²) < 4.78 is 0. The van der Waals surface area contributed by atoms with Crippen molar-refractivity contribution in [1.29, 1.82) is 0 Å². The molecule has 0 aromatic heterocycles. The molecule has 2 radical (unpaired) electrons. The number of unbranched alkanes of at least 4 members (excludes halogenated alkanes) is 22. The van der Waals surface area contributed by atoms with E-state index in [1.807, 2.05) is 0 Å². The first kappa shape index (κ1) is 30.0. The van der Waals surface area contributed by atoms with Crippen LogP contribution in [0.4, 0.5) is 0 Å². The molecule has 0 saturated heterocycles. The van der Waals surface area contributed by atoms with Crippen molar-refractivity contribution in [2.24, 2.45) is 5.92 Å². The van der Waals surface area contributed by atoms with Gasteiger partial charge in [-0.3, -0.25) is 0 Å². The predicted octanol–water partition coefficient (Wildman–Crippen LogP) is 11.4. The highest BCUT2D eigenvalue weighted by Crippen LogP contribution is 2.18. The first-order chi connectivity index (χ1) is 14.8. The molecule has 0 amide bonds. The van der Waals surface area contributed by atoms with E-state index in [1.54, 1.807) is 0 Å². The molecule has 0 aliphatic rings. The Morgan fingerprint density at radius 2 is 0.533 bits per heavy atom. The molecule has 180 valence electrons. The Labute approximate surface area is 193 Å². The topological polar surface area (TPSA) is 0 Å². The zero-order valence-corrected chi connectivity index (χ0v) is 21.4. The van der Waals surface area contributed by atoms with Gasteiger partial charge >= 0.3 is 0 Å². The Bertz CT molecular complexity index is 282. The second kappa shape index (κ2) is 27.0. The summed E-state index contributed by atoms with van der Waals surface area (Å²) in [5.74, 6) is 0.940. The van der Waals surface area contributed by atoms with Gasteiger partial charge in [-0.25, -0.2) is 0 Å². The van der Waals surface area contributed by atoms with Crippen molar-refractivity contribution in [3.63, 3.8) is 0 Å². The number of hydrogen-bond acceptors (Lipinski definition) is 0. The highest BCUT2D eigenvalue weighted by Gasteiger charge is 2.01. The maximum Gasteiger partial charge on any atom is -0.0443 e. The van der Waals surface area contributed by atoms with E-state index in [1.165, 1.54) is 154 Å². The van der Waals surface area contributed by atoms with Crippen molar-refractivity contribution in [1.82, 2.24) is 0 Å². The summed E-state index contributed by atoms with van der Waals surface area (Å²) in [6, 6.07) is 0. The lowest BCUT2D eigenvalue weighted by Gasteiger charge is -2.10. The molecule has 0 heteroatoms. The van der Waals surface area contributed by atoms with Crippen LogP contribution < -0.4 is 0 Å². The van der Waals surface area contributed by atoms with Crippen molar-refractivity contribution in [2.75, 3.05) is 0 Å². The molecule has 0 aromatic carbocycles. The second-order valence-corrected chi connectivity index (χ2v) is 10.2. The van der Waals surface area contributed by atoms with Gasteiger partial charge in [-0.15, -0.1) is 0 Å². The minimum atomic E-state index is 0.940. The third-order valence-corrected chi connectivity index (χ3v) is 6.89. The van der Waals surface area contributed by atoms with Crippen LogP contribution in [0.25, 0.3) is 0 Å². The number of hydrogen-bond donors (Lipinski definition) is 0. The van der Waals surface area contributed by atoms with Gasteiger partial charge in [0.25, 0.3) is 0 Å². The van der Waals surface area contributed by atoms with Gasteiger partial charge in [-0.05, 0) is 5.92 Å². The smallest absolute Gasteiger partial charge is 0.0443 e. The van der Waals surface area contributed by atoms with Crippen LogP contribution in [0.2, 0.25) is 0 Å². The Hall–Kier alpha value is 0. The highest BCUT2D eigenvalue weighted by atomic mass is 14.1. The number of rotatable bonds is 26. The average Bonchev–Trinajstić information content (AvgIpc) is 2.75. The van der Waals surface area contributed by atoms with Crippen molar-refractivity contribution in [3.05, 3.63) is 13.8 Å². The maximum absolute atomic E-state index is 3.94. The van der Waals surface area contributed by atoms with Gasteiger partial charge in [-0.2, -0.15) is 0 Å². The quantitative estimate of drug-likeness (QED) is 0.122. The molecule has 0 aliphatic heterocycles. The monoisotopic (exact) mass is 420 g/mol. The second-order valence-electron chi connectivity index (χ2n) is 10.2. The Morgan fingerprint density at radius 3 is 0.833 bits per heavy atom. The molecule has 0 fully saturated rings. The van der Waals surface area contributed by atoms with Crippen molar-refractivity contribution < 1.29 is 0 Å². The van der Waals surface area contributed by atoms with Gasteiger partial charge in [0.2, 0.25) is 0 Å².